The lowest BCUT2D eigenvalue weighted by Crippen LogP contribution is -2.72. The summed E-state index contributed by atoms with van der Waals surface area (Å²) < 4.78 is 5.52. The molecule has 2 bridgehead atoms. The Morgan fingerprint density at radius 3 is 2.36 bits per heavy atom. The van der Waals surface area contributed by atoms with E-state index in [1.165, 1.54) is 0 Å². The molecule has 3 heterocycles. The van der Waals surface area contributed by atoms with Crippen molar-refractivity contribution in [2.24, 2.45) is 11.3 Å². The number of carboxylic acids is 1. The molecule has 1 amide bonds. The van der Waals surface area contributed by atoms with Crippen LogP contribution in [0, 0.1) is 11.3 Å². The molecule has 3 atom stereocenters. The molecule has 0 radical (unpaired) electrons. The van der Waals surface area contributed by atoms with E-state index < -0.39 is 34.7 Å². The zero-order valence-corrected chi connectivity index (χ0v) is 15.4. The first kappa shape index (κ1) is 18.5. The van der Waals surface area contributed by atoms with Gasteiger partial charge in [0.2, 0.25) is 0 Å². The average molecular weight is 354 g/mol. The highest BCUT2D eigenvalue weighted by Gasteiger charge is 2.66. The third-order valence-corrected chi connectivity index (χ3v) is 6.13. The predicted octanol–water partition coefficient (Wildman–Crippen LogP) is 1.59. The van der Waals surface area contributed by atoms with E-state index in [1.54, 1.807) is 25.7 Å². The van der Waals surface area contributed by atoms with Gasteiger partial charge in [0.25, 0.3) is 0 Å². The van der Waals surface area contributed by atoms with Crippen LogP contribution in [0.25, 0.3) is 0 Å². The fourth-order valence-corrected chi connectivity index (χ4v) is 5.05. The number of ether oxygens (including phenoxy) is 1. The largest absolute Gasteiger partial charge is 0.481 e. The van der Waals surface area contributed by atoms with Crippen LogP contribution in [0.15, 0.2) is 0 Å². The van der Waals surface area contributed by atoms with Crippen LogP contribution in [0.5, 0.6) is 0 Å². The minimum absolute atomic E-state index is 0.0903. The van der Waals surface area contributed by atoms with Gasteiger partial charge in [0, 0.05) is 6.54 Å². The third kappa shape index (κ3) is 3.01. The molecule has 25 heavy (non-hydrogen) atoms. The molecule has 142 valence electrons. The summed E-state index contributed by atoms with van der Waals surface area (Å²) in [6.45, 7) is 7.11. The number of fused-ring (bicyclic) bond motifs is 3. The summed E-state index contributed by atoms with van der Waals surface area (Å²) in [6.07, 6.45) is 2.25. The Bertz CT molecular complexity index is 552. The molecule has 0 aromatic rings. The summed E-state index contributed by atoms with van der Waals surface area (Å²) in [6, 6.07) is -0.520. The first-order valence-corrected chi connectivity index (χ1v) is 9.25. The standard InChI is InChI=1S/C18H30N2O5/c1-16(2,3)25-15(23)20-11-12-4-5-13(20)18(10-12,14(21)22)17(24)6-8-19-9-7-17/h12-13,19,24H,4-11H2,1-3H3,(H,21,22). The topological polar surface area (TPSA) is 99.1 Å². The van der Waals surface area contributed by atoms with E-state index in [2.05, 4.69) is 5.32 Å². The highest BCUT2D eigenvalue weighted by atomic mass is 16.6. The van der Waals surface area contributed by atoms with Crippen molar-refractivity contribution in [3.63, 3.8) is 0 Å². The number of hydrogen-bond acceptors (Lipinski definition) is 5. The number of aliphatic carboxylic acids is 1. The van der Waals surface area contributed by atoms with Gasteiger partial charge >= 0.3 is 12.1 Å². The number of nitrogens with zero attached hydrogens (tertiary/aromatic N) is 1. The van der Waals surface area contributed by atoms with Crippen molar-refractivity contribution < 1.29 is 24.5 Å². The van der Waals surface area contributed by atoms with Crippen molar-refractivity contribution in [2.45, 2.75) is 70.1 Å². The van der Waals surface area contributed by atoms with E-state index in [4.69, 9.17) is 4.74 Å². The average Bonchev–Trinajstić information content (AvgIpc) is 2.53. The van der Waals surface area contributed by atoms with E-state index in [-0.39, 0.29) is 5.92 Å². The number of rotatable bonds is 2. The molecule has 3 aliphatic heterocycles. The Balaban J connectivity index is 1.96. The second-order valence-electron chi connectivity index (χ2n) is 8.85. The van der Waals surface area contributed by atoms with Crippen LogP contribution in [0.2, 0.25) is 0 Å². The monoisotopic (exact) mass is 354 g/mol. The van der Waals surface area contributed by atoms with Crippen molar-refractivity contribution in [3.8, 4) is 0 Å². The Labute approximate surface area is 148 Å². The maximum Gasteiger partial charge on any atom is 0.410 e. The van der Waals surface area contributed by atoms with Crippen LogP contribution >= 0.6 is 0 Å². The SMILES string of the molecule is CC(C)(C)OC(=O)N1CC2CCC1C(C(=O)O)(C1(O)CCNCC1)C2. The highest BCUT2D eigenvalue weighted by Crippen LogP contribution is 2.55. The molecular weight excluding hydrogens is 324 g/mol. The fraction of sp³-hybridized carbons (Fsp3) is 0.889. The van der Waals surface area contributed by atoms with Gasteiger partial charge in [0.05, 0.1) is 11.6 Å². The zero-order valence-electron chi connectivity index (χ0n) is 15.4. The first-order chi connectivity index (χ1) is 11.6. The number of hydrogen-bond donors (Lipinski definition) is 3. The van der Waals surface area contributed by atoms with Gasteiger partial charge in [-0.1, -0.05) is 0 Å². The van der Waals surface area contributed by atoms with E-state index >= 15 is 0 Å². The summed E-state index contributed by atoms with van der Waals surface area (Å²) in [4.78, 5) is 26.8. The van der Waals surface area contributed by atoms with Gasteiger partial charge in [-0.2, -0.15) is 0 Å². The van der Waals surface area contributed by atoms with Crippen LogP contribution in [0.1, 0.15) is 52.9 Å². The van der Waals surface area contributed by atoms with E-state index in [9.17, 15) is 19.8 Å². The van der Waals surface area contributed by atoms with E-state index in [0.29, 0.717) is 45.3 Å². The van der Waals surface area contributed by atoms with Gasteiger partial charge in [-0.3, -0.25) is 4.79 Å². The maximum atomic E-state index is 12.7. The Morgan fingerprint density at radius 1 is 1.20 bits per heavy atom. The highest BCUT2D eigenvalue weighted by molar-refractivity contribution is 5.80. The lowest BCUT2D eigenvalue weighted by atomic mass is 9.53. The van der Waals surface area contributed by atoms with Gasteiger partial charge in [0.15, 0.2) is 0 Å². The van der Waals surface area contributed by atoms with Gasteiger partial charge < -0.3 is 25.2 Å². The maximum absolute atomic E-state index is 12.7. The smallest absolute Gasteiger partial charge is 0.410 e. The van der Waals surface area contributed by atoms with Crippen LogP contribution in [0.3, 0.4) is 0 Å². The molecule has 0 aromatic carbocycles. The molecular formula is C18H30N2O5. The minimum atomic E-state index is -1.31. The summed E-state index contributed by atoms with van der Waals surface area (Å²) in [5, 5.41) is 24.8. The summed E-state index contributed by atoms with van der Waals surface area (Å²) in [5.74, 6) is -0.896. The van der Waals surface area contributed by atoms with E-state index in [1.807, 2.05) is 0 Å². The predicted molar refractivity (Wildman–Crippen MR) is 91.2 cm³/mol. The second-order valence-corrected chi connectivity index (χ2v) is 8.85. The molecule has 4 fully saturated rings. The van der Waals surface area contributed by atoms with Crippen LogP contribution in [-0.4, -0.2) is 64.1 Å². The second kappa shape index (κ2) is 6.13. The molecule has 1 aliphatic carbocycles. The van der Waals surface area contributed by atoms with Gasteiger partial charge in [0.1, 0.15) is 11.0 Å². The van der Waals surface area contributed by atoms with Crippen LogP contribution in [0.4, 0.5) is 4.79 Å². The number of carboxylic acid groups (broad SMARTS) is 1. The normalized spacial score (nSPS) is 34.6. The van der Waals surface area contributed by atoms with Crippen molar-refractivity contribution in [2.75, 3.05) is 19.6 Å². The molecule has 7 nitrogen and oxygen atoms in total. The number of amides is 1. The number of carbonyl (C=O) groups excluding carboxylic acids is 1. The number of carbonyl (C=O) groups is 2. The van der Waals surface area contributed by atoms with Crippen molar-refractivity contribution in [3.05, 3.63) is 0 Å². The summed E-state index contributed by atoms with van der Waals surface area (Å²) >= 11 is 0. The van der Waals surface area contributed by atoms with Gasteiger partial charge in [-0.25, -0.2) is 4.79 Å². The Kier molecular flexibility index (Phi) is 4.52. The zero-order chi connectivity index (χ0) is 18.5. The third-order valence-electron chi connectivity index (χ3n) is 6.13. The van der Waals surface area contributed by atoms with Crippen LogP contribution < -0.4 is 5.32 Å². The first-order valence-electron chi connectivity index (χ1n) is 9.25. The minimum Gasteiger partial charge on any atom is -0.481 e. The molecule has 7 heteroatoms. The lowest BCUT2D eigenvalue weighted by molar-refractivity contribution is -0.209. The molecule has 4 rings (SSSR count). The van der Waals surface area contributed by atoms with Gasteiger partial charge in [-0.15, -0.1) is 0 Å². The van der Waals surface area contributed by atoms with Crippen molar-refractivity contribution >= 4 is 12.1 Å². The summed E-state index contributed by atoms with van der Waals surface area (Å²) in [5.41, 5.74) is -3.24. The molecule has 4 aliphatic rings. The molecule has 0 spiro atoms. The van der Waals surface area contributed by atoms with Crippen LogP contribution in [-0.2, 0) is 9.53 Å². The van der Waals surface area contributed by atoms with Crippen molar-refractivity contribution in [1.82, 2.24) is 10.2 Å². The molecule has 1 saturated carbocycles. The molecule has 0 aromatic heterocycles. The number of piperidine rings is 3. The number of aliphatic hydroxyl groups is 1. The Morgan fingerprint density at radius 2 is 1.84 bits per heavy atom. The number of nitrogens with one attached hydrogen (secondary N) is 1. The Hall–Kier alpha value is -1.34. The molecule has 3 saturated heterocycles. The molecule has 3 N–H and O–H groups in total. The molecule has 3 unspecified atom stereocenters. The summed E-state index contributed by atoms with van der Waals surface area (Å²) in [7, 11) is 0. The van der Waals surface area contributed by atoms with Gasteiger partial charge in [-0.05, 0) is 71.9 Å². The van der Waals surface area contributed by atoms with E-state index in [0.717, 1.165) is 6.42 Å². The fourth-order valence-electron chi connectivity index (χ4n) is 5.05. The quantitative estimate of drug-likeness (QED) is 0.696. The lowest BCUT2D eigenvalue weighted by Gasteiger charge is -2.60. The van der Waals surface area contributed by atoms with Crippen molar-refractivity contribution in [1.29, 1.82) is 0 Å².